The summed E-state index contributed by atoms with van der Waals surface area (Å²) in [5.41, 5.74) is 4.10. The molecule has 1 aliphatic rings. The van der Waals surface area contributed by atoms with Gasteiger partial charge in [0.05, 0.1) is 6.10 Å². The Morgan fingerprint density at radius 3 is 2.62 bits per heavy atom. The molecule has 2 aromatic carbocycles. The van der Waals surface area contributed by atoms with E-state index in [0.29, 0.717) is 18.2 Å². The zero-order chi connectivity index (χ0) is 20.4. The molecule has 29 heavy (non-hydrogen) atoms. The first-order valence-electron chi connectivity index (χ1n) is 9.79. The molecule has 1 N–H and O–H groups in total. The van der Waals surface area contributed by atoms with E-state index in [4.69, 9.17) is 4.74 Å². The highest BCUT2D eigenvalue weighted by Gasteiger charge is 2.26. The van der Waals surface area contributed by atoms with E-state index in [2.05, 4.69) is 21.4 Å². The summed E-state index contributed by atoms with van der Waals surface area (Å²) < 4.78 is 5.67. The molecule has 0 unspecified atom stereocenters. The lowest BCUT2D eigenvalue weighted by atomic mass is 10.2. The maximum Gasteiger partial charge on any atom is 0.277 e. The molecular formula is C23H24N4O2. The second-order valence-corrected chi connectivity index (χ2v) is 7.37. The van der Waals surface area contributed by atoms with Gasteiger partial charge in [-0.2, -0.15) is 0 Å². The number of aryl methyl sites for hydroxylation is 1. The fourth-order valence-corrected chi connectivity index (χ4v) is 3.44. The molecule has 6 nitrogen and oxygen atoms in total. The topological polar surface area (TPSA) is 67.4 Å². The summed E-state index contributed by atoms with van der Waals surface area (Å²) in [4.78, 5) is 23.8. The Morgan fingerprint density at radius 2 is 1.86 bits per heavy atom. The van der Waals surface area contributed by atoms with Crippen molar-refractivity contribution >= 4 is 23.2 Å². The van der Waals surface area contributed by atoms with E-state index in [-0.39, 0.29) is 12.0 Å². The highest BCUT2D eigenvalue weighted by atomic mass is 16.5. The van der Waals surface area contributed by atoms with Crippen LogP contribution in [-0.2, 0) is 6.42 Å². The number of fused-ring (bicyclic) bond motifs is 1. The van der Waals surface area contributed by atoms with E-state index in [0.717, 1.165) is 29.2 Å². The van der Waals surface area contributed by atoms with Gasteiger partial charge in [0.1, 0.15) is 11.4 Å². The largest absolute Gasteiger partial charge is 0.491 e. The van der Waals surface area contributed by atoms with E-state index >= 15 is 0 Å². The van der Waals surface area contributed by atoms with Crippen LogP contribution in [0.3, 0.4) is 0 Å². The number of benzene rings is 2. The quantitative estimate of drug-likeness (QED) is 0.696. The highest BCUT2D eigenvalue weighted by molar-refractivity contribution is 6.06. The van der Waals surface area contributed by atoms with Crippen molar-refractivity contribution in [1.29, 1.82) is 0 Å². The van der Waals surface area contributed by atoms with Crippen molar-refractivity contribution in [3.63, 3.8) is 0 Å². The molecule has 0 bridgehead atoms. The van der Waals surface area contributed by atoms with Crippen LogP contribution in [0.2, 0.25) is 0 Å². The fourth-order valence-electron chi connectivity index (χ4n) is 3.44. The van der Waals surface area contributed by atoms with Crippen molar-refractivity contribution in [2.75, 3.05) is 16.8 Å². The maximum absolute atomic E-state index is 13.1. The number of anilines is 3. The molecule has 3 aromatic rings. The Bertz CT molecular complexity index is 1030. The summed E-state index contributed by atoms with van der Waals surface area (Å²) in [5.74, 6) is 1.10. The number of aromatic nitrogens is 2. The number of hydrogen-bond donors (Lipinski definition) is 1. The van der Waals surface area contributed by atoms with E-state index in [1.807, 2.05) is 63.2 Å². The first-order valence-corrected chi connectivity index (χ1v) is 9.79. The van der Waals surface area contributed by atoms with Crippen LogP contribution in [0.1, 0.15) is 35.6 Å². The van der Waals surface area contributed by atoms with Gasteiger partial charge in [0.2, 0.25) is 5.95 Å². The number of carbonyl (C=O) groups excluding carboxylic acids is 1. The van der Waals surface area contributed by atoms with Gasteiger partial charge in [-0.3, -0.25) is 4.79 Å². The first-order chi connectivity index (χ1) is 14.0. The normalized spacial score (nSPS) is 12.8. The van der Waals surface area contributed by atoms with Crippen molar-refractivity contribution in [2.45, 2.75) is 33.3 Å². The van der Waals surface area contributed by atoms with Crippen molar-refractivity contribution in [3.05, 3.63) is 71.5 Å². The third-order valence-corrected chi connectivity index (χ3v) is 4.69. The number of carbonyl (C=O) groups is 1. The predicted molar refractivity (Wildman–Crippen MR) is 114 cm³/mol. The molecule has 0 saturated carbocycles. The number of para-hydroxylation sites is 1. The smallest absolute Gasteiger partial charge is 0.277 e. The van der Waals surface area contributed by atoms with Crippen molar-refractivity contribution in [1.82, 2.24) is 9.97 Å². The SMILES string of the molecule is Cc1cc(C(=O)N2CCc3ccccc32)nc(Nc2ccc(OC(C)C)cc2)n1. The van der Waals surface area contributed by atoms with Crippen LogP contribution in [0.25, 0.3) is 0 Å². The van der Waals surface area contributed by atoms with Gasteiger partial charge in [0.15, 0.2) is 0 Å². The molecule has 0 saturated heterocycles. The highest BCUT2D eigenvalue weighted by Crippen LogP contribution is 2.29. The second kappa shape index (κ2) is 7.91. The lowest BCUT2D eigenvalue weighted by molar-refractivity contribution is 0.0984. The molecular weight excluding hydrogens is 364 g/mol. The number of ether oxygens (including phenoxy) is 1. The standard InChI is InChI=1S/C23H24N4O2/c1-15(2)29-19-10-8-18(9-11-19)25-23-24-16(3)14-20(26-23)22(28)27-13-12-17-6-4-5-7-21(17)27/h4-11,14-15H,12-13H2,1-3H3,(H,24,25,26). The van der Waals surface area contributed by atoms with E-state index < -0.39 is 0 Å². The Hall–Kier alpha value is -3.41. The van der Waals surface area contributed by atoms with Crippen molar-refractivity contribution < 1.29 is 9.53 Å². The fraction of sp³-hybridized carbons (Fsp3) is 0.261. The minimum absolute atomic E-state index is 0.107. The van der Waals surface area contributed by atoms with Gasteiger partial charge in [0, 0.05) is 23.6 Å². The van der Waals surface area contributed by atoms with Gasteiger partial charge in [0.25, 0.3) is 5.91 Å². The van der Waals surface area contributed by atoms with E-state index in [1.54, 1.807) is 11.0 Å². The second-order valence-electron chi connectivity index (χ2n) is 7.37. The van der Waals surface area contributed by atoms with Crippen LogP contribution >= 0.6 is 0 Å². The van der Waals surface area contributed by atoms with E-state index in [9.17, 15) is 4.79 Å². The average Bonchev–Trinajstić information content (AvgIpc) is 3.12. The van der Waals surface area contributed by atoms with Gasteiger partial charge in [-0.25, -0.2) is 9.97 Å². The van der Waals surface area contributed by atoms with Crippen LogP contribution in [0.5, 0.6) is 5.75 Å². The third-order valence-electron chi connectivity index (χ3n) is 4.69. The Kier molecular flexibility index (Phi) is 5.16. The van der Waals surface area contributed by atoms with Gasteiger partial charge in [-0.1, -0.05) is 18.2 Å². The monoisotopic (exact) mass is 388 g/mol. The average molecular weight is 388 g/mol. The summed E-state index contributed by atoms with van der Waals surface area (Å²) in [6, 6.07) is 17.3. The van der Waals surface area contributed by atoms with Crippen LogP contribution in [0, 0.1) is 6.92 Å². The maximum atomic E-state index is 13.1. The predicted octanol–water partition coefficient (Wildman–Crippen LogP) is 4.52. The molecule has 148 valence electrons. The van der Waals surface area contributed by atoms with Crippen LogP contribution in [0.4, 0.5) is 17.3 Å². The summed E-state index contributed by atoms with van der Waals surface area (Å²) in [6.45, 7) is 6.51. The molecule has 0 atom stereocenters. The van der Waals surface area contributed by atoms with Gasteiger partial charge >= 0.3 is 0 Å². The molecule has 0 aliphatic carbocycles. The van der Waals surface area contributed by atoms with Crippen LogP contribution < -0.4 is 15.0 Å². The lowest BCUT2D eigenvalue weighted by Gasteiger charge is -2.17. The number of rotatable bonds is 5. The molecule has 6 heteroatoms. The number of amides is 1. The summed E-state index contributed by atoms with van der Waals surface area (Å²) in [7, 11) is 0. The number of hydrogen-bond acceptors (Lipinski definition) is 5. The van der Waals surface area contributed by atoms with Crippen molar-refractivity contribution in [2.24, 2.45) is 0 Å². The number of nitrogens with zero attached hydrogens (tertiary/aromatic N) is 3. The lowest BCUT2D eigenvalue weighted by Crippen LogP contribution is -2.30. The van der Waals surface area contributed by atoms with Gasteiger partial charge in [-0.15, -0.1) is 0 Å². The molecule has 1 aromatic heterocycles. The van der Waals surface area contributed by atoms with Crippen molar-refractivity contribution in [3.8, 4) is 5.75 Å². The number of nitrogens with one attached hydrogen (secondary N) is 1. The Balaban J connectivity index is 1.54. The molecule has 0 radical (unpaired) electrons. The Labute approximate surface area is 170 Å². The van der Waals surface area contributed by atoms with Crippen LogP contribution in [0.15, 0.2) is 54.6 Å². The zero-order valence-electron chi connectivity index (χ0n) is 16.8. The molecule has 0 fully saturated rings. The van der Waals surface area contributed by atoms with Crippen LogP contribution in [-0.4, -0.2) is 28.5 Å². The zero-order valence-corrected chi connectivity index (χ0v) is 16.8. The summed E-state index contributed by atoms with van der Waals surface area (Å²) in [5, 5.41) is 3.18. The Morgan fingerprint density at radius 1 is 1.10 bits per heavy atom. The van der Waals surface area contributed by atoms with Gasteiger partial charge in [-0.05, 0) is 69.2 Å². The van der Waals surface area contributed by atoms with Gasteiger partial charge < -0.3 is 15.0 Å². The third kappa shape index (κ3) is 4.21. The first kappa shape index (κ1) is 18.9. The van der Waals surface area contributed by atoms with E-state index in [1.165, 1.54) is 5.56 Å². The molecule has 1 amide bonds. The summed E-state index contributed by atoms with van der Waals surface area (Å²) >= 11 is 0. The molecule has 4 rings (SSSR count). The molecule has 1 aliphatic heterocycles. The summed E-state index contributed by atoms with van der Waals surface area (Å²) in [6.07, 6.45) is 0.986. The minimum atomic E-state index is -0.107. The molecule has 2 heterocycles. The minimum Gasteiger partial charge on any atom is -0.491 e. The molecule has 0 spiro atoms.